The first kappa shape index (κ1) is 11.9. The number of nitro groups is 1. The van der Waals surface area contributed by atoms with Crippen LogP contribution in [0, 0.1) is 21.4 Å². The van der Waals surface area contributed by atoms with Gasteiger partial charge in [-0.15, -0.1) is 0 Å². The molecule has 0 saturated heterocycles. The first-order chi connectivity index (χ1) is 7.47. The van der Waals surface area contributed by atoms with Gasteiger partial charge in [0.25, 0.3) is 5.69 Å². The Hall–Kier alpha value is -2.17. The third kappa shape index (κ3) is 2.25. The van der Waals surface area contributed by atoms with Crippen molar-refractivity contribution in [1.29, 1.82) is 5.26 Å². The molecule has 1 aromatic rings. The summed E-state index contributed by atoms with van der Waals surface area (Å²) in [6.45, 7) is 0. The predicted molar refractivity (Wildman–Crippen MR) is 54.1 cm³/mol. The van der Waals surface area contributed by atoms with Crippen molar-refractivity contribution in [2.75, 3.05) is 5.73 Å². The zero-order valence-corrected chi connectivity index (χ0v) is 8.07. The molecule has 7 nitrogen and oxygen atoms in total. The van der Waals surface area contributed by atoms with Crippen LogP contribution >= 0.6 is 0 Å². The standard InChI is InChI=1S/C9H9N3O4/c10-4-8(13)9(14)6-3-5(12(15)16)1-2-7(6)11/h1-3,8-9,13-14H,11H2. The highest BCUT2D eigenvalue weighted by atomic mass is 16.6. The van der Waals surface area contributed by atoms with Crippen molar-refractivity contribution >= 4 is 11.4 Å². The molecule has 0 saturated carbocycles. The Bertz CT molecular complexity index is 455. The van der Waals surface area contributed by atoms with E-state index in [-0.39, 0.29) is 16.9 Å². The third-order valence-electron chi connectivity index (χ3n) is 2.03. The maximum absolute atomic E-state index is 10.5. The van der Waals surface area contributed by atoms with E-state index in [1.54, 1.807) is 0 Å². The van der Waals surface area contributed by atoms with Crippen LogP contribution in [-0.4, -0.2) is 21.2 Å². The fraction of sp³-hybridized carbons (Fsp3) is 0.222. The molecular weight excluding hydrogens is 214 g/mol. The van der Waals surface area contributed by atoms with Crippen molar-refractivity contribution in [3.63, 3.8) is 0 Å². The molecule has 84 valence electrons. The quantitative estimate of drug-likeness (QED) is 0.288. The molecule has 16 heavy (non-hydrogen) atoms. The molecule has 1 rings (SSSR count). The summed E-state index contributed by atoms with van der Waals surface area (Å²) in [5.74, 6) is 0. The monoisotopic (exact) mass is 223 g/mol. The summed E-state index contributed by atoms with van der Waals surface area (Å²) >= 11 is 0. The fourth-order valence-electron chi connectivity index (χ4n) is 1.17. The lowest BCUT2D eigenvalue weighted by Crippen LogP contribution is -2.17. The van der Waals surface area contributed by atoms with Crippen LogP contribution in [0.2, 0.25) is 0 Å². The first-order valence-electron chi connectivity index (χ1n) is 4.27. The van der Waals surface area contributed by atoms with Crippen LogP contribution in [0.4, 0.5) is 11.4 Å². The van der Waals surface area contributed by atoms with Crippen molar-refractivity contribution in [3.05, 3.63) is 33.9 Å². The first-order valence-corrected chi connectivity index (χ1v) is 4.27. The Morgan fingerprint density at radius 3 is 2.62 bits per heavy atom. The smallest absolute Gasteiger partial charge is 0.269 e. The van der Waals surface area contributed by atoms with Crippen LogP contribution in [0.15, 0.2) is 18.2 Å². The summed E-state index contributed by atoms with van der Waals surface area (Å²) < 4.78 is 0. The van der Waals surface area contributed by atoms with Crippen LogP contribution in [-0.2, 0) is 0 Å². The molecule has 0 aliphatic heterocycles. The Morgan fingerprint density at radius 2 is 2.12 bits per heavy atom. The zero-order chi connectivity index (χ0) is 12.3. The summed E-state index contributed by atoms with van der Waals surface area (Å²) in [6.07, 6.45) is -3.24. The molecule has 7 heteroatoms. The number of nitrogens with zero attached hydrogens (tertiary/aromatic N) is 2. The molecular formula is C9H9N3O4. The van der Waals surface area contributed by atoms with E-state index in [1.807, 2.05) is 0 Å². The zero-order valence-electron chi connectivity index (χ0n) is 8.07. The van der Waals surface area contributed by atoms with Crippen LogP contribution in [0.5, 0.6) is 0 Å². The minimum Gasteiger partial charge on any atom is -0.398 e. The van der Waals surface area contributed by atoms with Gasteiger partial charge < -0.3 is 15.9 Å². The SMILES string of the molecule is N#CC(O)C(O)c1cc([N+](=O)[O-])ccc1N. The Morgan fingerprint density at radius 1 is 1.50 bits per heavy atom. The van der Waals surface area contributed by atoms with Gasteiger partial charge in [0.1, 0.15) is 6.10 Å². The van der Waals surface area contributed by atoms with Crippen LogP contribution in [0.3, 0.4) is 0 Å². The molecule has 0 aliphatic rings. The number of benzene rings is 1. The highest BCUT2D eigenvalue weighted by Gasteiger charge is 2.22. The van der Waals surface area contributed by atoms with E-state index in [9.17, 15) is 15.2 Å². The summed E-state index contributed by atoms with van der Waals surface area (Å²) in [7, 11) is 0. The van der Waals surface area contributed by atoms with E-state index >= 15 is 0 Å². The topological polar surface area (TPSA) is 133 Å². The average molecular weight is 223 g/mol. The Balaban J connectivity index is 3.17. The highest BCUT2D eigenvalue weighted by molar-refractivity contribution is 5.54. The normalized spacial score (nSPS) is 13.8. The van der Waals surface area contributed by atoms with Crippen molar-refractivity contribution in [3.8, 4) is 6.07 Å². The molecule has 1 aromatic carbocycles. The van der Waals surface area contributed by atoms with Crippen LogP contribution in [0.1, 0.15) is 11.7 Å². The summed E-state index contributed by atoms with van der Waals surface area (Å²) in [5, 5.41) is 37.5. The Labute approximate surface area is 90.5 Å². The van der Waals surface area contributed by atoms with Gasteiger partial charge in [0.15, 0.2) is 6.10 Å². The number of nitrogens with two attached hydrogens (primary N) is 1. The van der Waals surface area contributed by atoms with Crippen molar-refractivity contribution < 1.29 is 15.1 Å². The second-order valence-corrected chi connectivity index (χ2v) is 3.09. The van der Waals surface area contributed by atoms with Gasteiger partial charge in [-0.2, -0.15) is 5.26 Å². The van der Waals surface area contributed by atoms with Crippen LogP contribution in [0.25, 0.3) is 0 Å². The molecule has 2 atom stereocenters. The van der Waals surface area contributed by atoms with Gasteiger partial charge in [0.2, 0.25) is 0 Å². The van der Waals surface area contributed by atoms with Crippen molar-refractivity contribution in [2.24, 2.45) is 0 Å². The second-order valence-electron chi connectivity index (χ2n) is 3.09. The second kappa shape index (κ2) is 4.57. The lowest BCUT2D eigenvalue weighted by molar-refractivity contribution is -0.385. The minimum absolute atomic E-state index is 0.0387. The number of anilines is 1. The van der Waals surface area contributed by atoms with Gasteiger partial charge in [-0.1, -0.05) is 0 Å². The van der Waals surface area contributed by atoms with Crippen molar-refractivity contribution in [2.45, 2.75) is 12.2 Å². The maximum atomic E-state index is 10.5. The number of aliphatic hydroxyl groups excluding tert-OH is 2. The number of hydrogen-bond donors (Lipinski definition) is 3. The maximum Gasteiger partial charge on any atom is 0.269 e. The van der Waals surface area contributed by atoms with Gasteiger partial charge in [0.05, 0.1) is 11.0 Å². The number of non-ortho nitro benzene ring substituents is 1. The molecule has 0 aromatic heterocycles. The van der Waals surface area contributed by atoms with Gasteiger partial charge in [0, 0.05) is 23.4 Å². The van der Waals surface area contributed by atoms with Gasteiger partial charge in [-0.3, -0.25) is 10.1 Å². The molecule has 0 amide bonds. The lowest BCUT2D eigenvalue weighted by atomic mass is 10.0. The van der Waals surface area contributed by atoms with Crippen LogP contribution < -0.4 is 5.73 Å². The van der Waals surface area contributed by atoms with E-state index in [0.29, 0.717) is 0 Å². The minimum atomic E-state index is -1.68. The number of aliphatic hydroxyl groups is 2. The summed E-state index contributed by atoms with van der Waals surface area (Å²) in [5.41, 5.74) is 5.25. The van der Waals surface area contributed by atoms with Gasteiger partial charge >= 0.3 is 0 Å². The molecule has 0 aliphatic carbocycles. The van der Waals surface area contributed by atoms with Gasteiger partial charge in [-0.05, 0) is 6.07 Å². The van der Waals surface area contributed by atoms with E-state index in [1.165, 1.54) is 18.2 Å². The van der Waals surface area contributed by atoms with E-state index < -0.39 is 17.1 Å². The molecule has 0 heterocycles. The molecule has 0 radical (unpaired) electrons. The van der Waals surface area contributed by atoms with Crippen molar-refractivity contribution in [1.82, 2.24) is 0 Å². The van der Waals surface area contributed by atoms with E-state index in [2.05, 4.69) is 0 Å². The number of nitriles is 1. The number of nitrogen functional groups attached to an aromatic ring is 1. The summed E-state index contributed by atoms with van der Waals surface area (Å²) in [6, 6.07) is 4.86. The number of nitro benzene ring substituents is 1. The fourth-order valence-corrected chi connectivity index (χ4v) is 1.17. The lowest BCUT2D eigenvalue weighted by Gasteiger charge is -2.13. The average Bonchev–Trinajstić information content (AvgIpc) is 2.27. The van der Waals surface area contributed by atoms with E-state index in [0.717, 1.165) is 6.07 Å². The third-order valence-corrected chi connectivity index (χ3v) is 2.03. The Kier molecular flexibility index (Phi) is 3.40. The number of rotatable bonds is 3. The van der Waals surface area contributed by atoms with E-state index in [4.69, 9.17) is 16.1 Å². The van der Waals surface area contributed by atoms with Gasteiger partial charge in [-0.25, -0.2) is 0 Å². The molecule has 0 spiro atoms. The molecule has 2 unspecified atom stereocenters. The molecule has 0 fully saturated rings. The molecule has 0 bridgehead atoms. The highest BCUT2D eigenvalue weighted by Crippen LogP contribution is 2.27. The predicted octanol–water partition coefficient (Wildman–Crippen LogP) is 0.0949. The summed E-state index contributed by atoms with van der Waals surface area (Å²) in [4.78, 5) is 9.82. The molecule has 4 N–H and O–H groups in total. The largest absolute Gasteiger partial charge is 0.398 e. The number of hydrogen-bond acceptors (Lipinski definition) is 6.